The molecule has 2 saturated carbocycles. The second kappa shape index (κ2) is 4.52. The van der Waals surface area contributed by atoms with Crippen molar-refractivity contribution in [3.05, 3.63) is 0 Å². The molecule has 3 heteroatoms. The second-order valence-electron chi connectivity index (χ2n) is 5.32. The topological polar surface area (TPSA) is 32.3 Å². The van der Waals surface area contributed by atoms with Gasteiger partial charge in [-0.25, -0.2) is 0 Å². The normalized spacial score (nSPS) is 28.9. The van der Waals surface area contributed by atoms with Crippen molar-refractivity contribution >= 4 is 5.91 Å². The Morgan fingerprint density at radius 1 is 1.47 bits per heavy atom. The van der Waals surface area contributed by atoms with Gasteiger partial charge in [-0.15, -0.1) is 0 Å². The van der Waals surface area contributed by atoms with Crippen molar-refractivity contribution in [3.63, 3.8) is 0 Å². The summed E-state index contributed by atoms with van der Waals surface area (Å²) in [6.45, 7) is 4.76. The molecule has 2 fully saturated rings. The van der Waals surface area contributed by atoms with E-state index >= 15 is 0 Å². The van der Waals surface area contributed by atoms with Crippen molar-refractivity contribution in [2.45, 2.75) is 26.2 Å². The van der Waals surface area contributed by atoms with Crippen molar-refractivity contribution in [1.29, 1.82) is 0 Å². The highest BCUT2D eigenvalue weighted by Crippen LogP contribution is 2.37. The van der Waals surface area contributed by atoms with Gasteiger partial charge < -0.3 is 10.2 Å². The van der Waals surface area contributed by atoms with E-state index < -0.39 is 0 Å². The maximum Gasteiger partial charge on any atom is 0.236 e. The zero-order valence-corrected chi connectivity index (χ0v) is 9.83. The minimum absolute atomic E-state index is 0.245. The summed E-state index contributed by atoms with van der Waals surface area (Å²) in [7, 11) is 1.92. The van der Waals surface area contributed by atoms with Crippen LogP contribution in [0.2, 0.25) is 0 Å². The number of likely N-dealkylation sites (N-methyl/N-ethyl adjacent to an activating group) is 1. The average Bonchev–Trinajstić information content (AvgIpc) is 3.07. The molecule has 2 atom stereocenters. The number of hydrogen-bond donors (Lipinski definition) is 1. The molecule has 0 aromatic heterocycles. The summed E-state index contributed by atoms with van der Waals surface area (Å²) < 4.78 is 0. The predicted octanol–water partition coefficient (Wildman–Crippen LogP) is 1.10. The molecule has 2 rings (SSSR count). The first-order valence-corrected chi connectivity index (χ1v) is 6.11. The fourth-order valence-corrected chi connectivity index (χ4v) is 1.95. The highest BCUT2D eigenvalue weighted by molar-refractivity contribution is 5.78. The molecule has 2 aliphatic carbocycles. The van der Waals surface area contributed by atoms with E-state index in [0.717, 1.165) is 30.8 Å². The monoisotopic (exact) mass is 210 g/mol. The zero-order chi connectivity index (χ0) is 10.8. The SMILES string of the molecule is CC1CC1CN(C)C(=O)CNCC1CC1. The van der Waals surface area contributed by atoms with Crippen LogP contribution < -0.4 is 5.32 Å². The summed E-state index contributed by atoms with van der Waals surface area (Å²) >= 11 is 0. The molecule has 0 spiro atoms. The smallest absolute Gasteiger partial charge is 0.236 e. The van der Waals surface area contributed by atoms with Gasteiger partial charge in [-0.3, -0.25) is 4.79 Å². The van der Waals surface area contributed by atoms with Crippen LogP contribution in [0.5, 0.6) is 0 Å². The molecule has 0 saturated heterocycles. The van der Waals surface area contributed by atoms with E-state index in [1.165, 1.54) is 19.3 Å². The summed E-state index contributed by atoms with van der Waals surface area (Å²) in [5.74, 6) is 2.70. The molecule has 86 valence electrons. The van der Waals surface area contributed by atoms with Gasteiger partial charge in [-0.2, -0.15) is 0 Å². The molecular formula is C12H22N2O. The molecule has 0 heterocycles. The van der Waals surface area contributed by atoms with Crippen LogP contribution in [0, 0.1) is 17.8 Å². The van der Waals surface area contributed by atoms with Crippen LogP contribution in [0.1, 0.15) is 26.2 Å². The third-order valence-electron chi connectivity index (χ3n) is 3.62. The Morgan fingerprint density at radius 3 is 2.67 bits per heavy atom. The second-order valence-corrected chi connectivity index (χ2v) is 5.32. The Labute approximate surface area is 92.2 Å². The lowest BCUT2D eigenvalue weighted by Crippen LogP contribution is -2.37. The van der Waals surface area contributed by atoms with E-state index in [1.54, 1.807) is 0 Å². The molecule has 1 N–H and O–H groups in total. The summed E-state index contributed by atoms with van der Waals surface area (Å²) in [6, 6.07) is 0. The molecule has 0 aliphatic heterocycles. The van der Waals surface area contributed by atoms with Gasteiger partial charge in [0, 0.05) is 13.6 Å². The number of amides is 1. The minimum Gasteiger partial charge on any atom is -0.344 e. The number of carbonyl (C=O) groups excluding carboxylic acids is 1. The van der Waals surface area contributed by atoms with E-state index in [9.17, 15) is 4.79 Å². The van der Waals surface area contributed by atoms with Gasteiger partial charge >= 0.3 is 0 Å². The molecule has 15 heavy (non-hydrogen) atoms. The largest absolute Gasteiger partial charge is 0.344 e. The minimum atomic E-state index is 0.245. The van der Waals surface area contributed by atoms with Crippen molar-refractivity contribution in [2.75, 3.05) is 26.7 Å². The standard InChI is InChI=1S/C12H22N2O/c1-9-5-11(9)8-14(2)12(15)7-13-6-10-3-4-10/h9-11,13H,3-8H2,1-2H3. The van der Waals surface area contributed by atoms with Crippen molar-refractivity contribution in [2.24, 2.45) is 17.8 Å². The summed E-state index contributed by atoms with van der Waals surface area (Å²) in [4.78, 5) is 13.6. The van der Waals surface area contributed by atoms with E-state index in [2.05, 4.69) is 12.2 Å². The van der Waals surface area contributed by atoms with Gasteiger partial charge in [0.2, 0.25) is 5.91 Å². The van der Waals surface area contributed by atoms with Crippen LogP contribution in [0.4, 0.5) is 0 Å². The van der Waals surface area contributed by atoms with Crippen LogP contribution in [0.15, 0.2) is 0 Å². The molecule has 3 nitrogen and oxygen atoms in total. The Morgan fingerprint density at radius 2 is 2.13 bits per heavy atom. The van der Waals surface area contributed by atoms with Crippen LogP contribution in [-0.4, -0.2) is 37.5 Å². The predicted molar refractivity (Wildman–Crippen MR) is 60.5 cm³/mol. The van der Waals surface area contributed by atoms with Gasteiger partial charge in [-0.1, -0.05) is 6.92 Å². The van der Waals surface area contributed by atoms with Crippen LogP contribution in [-0.2, 0) is 4.79 Å². The quantitative estimate of drug-likeness (QED) is 0.712. The lowest BCUT2D eigenvalue weighted by atomic mass is 10.3. The summed E-state index contributed by atoms with van der Waals surface area (Å²) in [5.41, 5.74) is 0. The summed E-state index contributed by atoms with van der Waals surface area (Å²) in [5, 5.41) is 3.24. The Hall–Kier alpha value is -0.570. The zero-order valence-electron chi connectivity index (χ0n) is 9.83. The van der Waals surface area contributed by atoms with Crippen molar-refractivity contribution in [1.82, 2.24) is 10.2 Å². The first-order valence-electron chi connectivity index (χ1n) is 6.11. The molecule has 0 bridgehead atoms. The first-order chi connectivity index (χ1) is 7.16. The molecule has 0 aromatic rings. The maximum atomic E-state index is 11.7. The molecular weight excluding hydrogens is 188 g/mol. The van der Waals surface area contributed by atoms with Gasteiger partial charge in [0.25, 0.3) is 0 Å². The Balaban J connectivity index is 1.56. The van der Waals surface area contributed by atoms with Crippen LogP contribution in [0.25, 0.3) is 0 Å². The maximum absolute atomic E-state index is 11.7. The molecule has 0 aromatic carbocycles. The third kappa shape index (κ3) is 3.49. The van der Waals surface area contributed by atoms with Crippen LogP contribution in [0.3, 0.4) is 0 Å². The van der Waals surface area contributed by atoms with E-state index in [0.29, 0.717) is 6.54 Å². The van der Waals surface area contributed by atoms with Crippen molar-refractivity contribution < 1.29 is 4.79 Å². The highest BCUT2D eigenvalue weighted by Gasteiger charge is 2.34. The summed E-state index contributed by atoms with van der Waals surface area (Å²) in [6.07, 6.45) is 3.99. The van der Waals surface area contributed by atoms with Gasteiger partial charge in [0.15, 0.2) is 0 Å². The highest BCUT2D eigenvalue weighted by atomic mass is 16.2. The van der Waals surface area contributed by atoms with Crippen molar-refractivity contribution in [3.8, 4) is 0 Å². The molecule has 0 radical (unpaired) electrons. The molecule has 2 aliphatic rings. The number of hydrogen-bond acceptors (Lipinski definition) is 2. The van der Waals surface area contributed by atoms with E-state index in [4.69, 9.17) is 0 Å². The van der Waals surface area contributed by atoms with E-state index in [-0.39, 0.29) is 5.91 Å². The third-order valence-corrected chi connectivity index (χ3v) is 3.62. The Bertz CT molecular complexity index is 238. The lowest BCUT2D eigenvalue weighted by Gasteiger charge is -2.17. The lowest BCUT2D eigenvalue weighted by molar-refractivity contribution is -0.129. The van der Waals surface area contributed by atoms with Gasteiger partial charge in [0.1, 0.15) is 0 Å². The fourth-order valence-electron chi connectivity index (χ4n) is 1.95. The van der Waals surface area contributed by atoms with Crippen LogP contribution >= 0.6 is 0 Å². The molecule has 1 amide bonds. The first kappa shape index (κ1) is 10.9. The van der Waals surface area contributed by atoms with Gasteiger partial charge in [-0.05, 0) is 43.6 Å². The number of nitrogens with zero attached hydrogens (tertiary/aromatic N) is 1. The fraction of sp³-hybridized carbons (Fsp3) is 0.917. The number of nitrogens with one attached hydrogen (secondary N) is 1. The van der Waals surface area contributed by atoms with Gasteiger partial charge in [0.05, 0.1) is 6.54 Å². The Kier molecular flexibility index (Phi) is 3.29. The molecule has 2 unspecified atom stereocenters. The number of rotatable bonds is 6. The van der Waals surface area contributed by atoms with E-state index in [1.807, 2.05) is 11.9 Å². The average molecular weight is 210 g/mol. The number of carbonyl (C=O) groups is 1.